The first-order valence-corrected chi connectivity index (χ1v) is 9.36. The van der Waals surface area contributed by atoms with Crippen LogP contribution in [0.5, 0.6) is 11.5 Å². The maximum absolute atomic E-state index is 11.6. The molecule has 1 unspecified atom stereocenters. The molecule has 0 aromatic heterocycles. The van der Waals surface area contributed by atoms with Gasteiger partial charge in [-0.15, -0.1) is 0 Å². The maximum Gasteiger partial charge on any atom is 0.414 e. The minimum Gasteiger partial charge on any atom is -0.491 e. The highest BCUT2D eigenvalue weighted by Gasteiger charge is 2.06. The molecule has 0 bridgehead atoms. The number of benzene rings is 2. The van der Waals surface area contributed by atoms with Gasteiger partial charge in [0.2, 0.25) is 0 Å². The Labute approximate surface area is 179 Å². The number of nitrogens with one attached hydrogen (secondary N) is 2. The number of carbonyl (C=O) groups excluding carboxylic acids is 1. The fourth-order valence-electron chi connectivity index (χ4n) is 2.04. The lowest BCUT2D eigenvalue weighted by Crippen LogP contribution is -2.38. The summed E-state index contributed by atoms with van der Waals surface area (Å²) in [6.07, 6.45) is -0.614. The van der Waals surface area contributed by atoms with E-state index in [1.54, 1.807) is 12.1 Å². The molecule has 0 aliphatic carbocycles. The number of carboxylic acid groups (broad SMARTS) is 2. The molecule has 0 fully saturated rings. The molecule has 1 amide bonds. The predicted molar refractivity (Wildman–Crippen MR) is 111 cm³/mol. The highest BCUT2D eigenvalue weighted by Crippen LogP contribution is 2.08. The van der Waals surface area contributed by atoms with Gasteiger partial charge in [0.05, 0.1) is 0 Å². The van der Waals surface area contributed by atoms with Gasteiger partial charge < -0.3 is 35.4 Å². The highest BCUT2D eigenvalue weighted by atomic mass is 16.5. The molecule has 0 saturated carbocycles. The Bertz CT molecular complexity index is 774. The predicted octanol–water partition coefficient (Wildman–Crippen LogP) is 0.367. The van der Waals surface area contributed by atoms with Gasteiger partial charge in [-0.05, 0) is 24.3 Å². The number of ether oxygens (including phenoxy) is 2. The summed E-state index contributed by atoms with van der Waals surface area (Å²) >= 11 is 0. The van der Waals surface area contributed by atoms with Crippen LogP contribution >= 0.6 is 0 Å². The average molecular weight is 434 g/mol. The van der Waals surface area contributed by atoms with Crippen molar-refractivity contribution in [1.82, 2.24) is 10.6 Å². The van der Waals surface area contributed by atoms with E-state index in [1.807, 2.05) is 48.5 Å². The average Bonchev–Trinajstić information content (AvgIpc) is 2.78. The van der Waals surface area contributed by atoms with Gasteiger partial charge in [-0.25, -0.2) is 9.59 Å². The van der Waals surface area contributed by atoms with Crippen molar-refractivity contribution in [2.45, 2.75) is 6.10 Å². The molecule has 0 radical (unpaired) electrons. The molecule has 168 valence electrons. The SMILES string of the molecule is O=C(COc1ccccc1)NCCNCC(O)COc1ccccc1.O=C(O)C(=O)O. The maximum atomic E-state index is 11.6. The lowest BCUT2D eigenvalue weighted by Gasteiger charge is -2.13. The van der Waals surface area contributed by atoms with Crippen molar-refractivity contribution < 1.29 is 39.2 Å². The van der Waals surface area contributed by atoms with Gasteiger partial charge in [0.25, 0.3) is 5.91 Å². The second-order valence-electron chi connectivity index (χ2n) is 6.04. The van der Waals surface area contributed by atoms with Crippen molar-refractivity contribution in [1.29, 1.82) is 0 Å². The molecule has 2 rings (SSSR count). The Morgan fingerprint density at radius 3 is 1.84 bits per heavy atom. The minimum absolute atomic E-state index is 0.0163. The summed E-state index contributed by atoms with van der Waals surface area (Å²) in [5, 5.41) is 30.4. The molecule has 1 atom stereocenters. The molecule has 0 spiro atoms. The molecule has 0 aliphatic rings. The van der Waals surface area contributed by atoms with Gasteiger partial charge >= 0.3 is 11.9 Å². The van der Waals surface area contributed by atoms with E-state index in [4.69, 9.17) is 29.3 Å². The third kappa shape index (κ3) is 13.3. The number of carboxylic acids is 2. The molecule has 2 aromatic carbocycles. The smallest absolute Gasteiger partial charge is 0.414 e. The van der Waals surface area contributed by atoms with Crippen molar-refractivity contribution in [3.8, 4) is 11.5 Å². The summed E-state index contributed by atoms with van der Waals surface area (Å²) in [7, 11) is 0. The van der Waals surface area contributed by atoms with E-state index < -0.39 is 18.0 Å². The summed E-state index contributed by atoms with van der Waals surface area (Å²) in [5.74, 6) is -2.44. The number of hydrogen-bond acceptors (Lipinski definition) is 7. The normalized spacial score (nSPS) is 10.7. The second kappa shape index (κ2) is 15.2. The third-order valence-corrected chi connectivity index (χ3v) is 3.49. The van der Waals surface area contributed by atoms with Crippen LogP contribution in [0.2, 0.25) is 0 Å². The Morgan fingerprint density at radius 2 is 1.32 bits per heavy atom. The number of rotatable bonds is 11. The van der Waals surface area contributed by atoms with E-state index in [0.29, 0.717) is 25.4 Å². The van der Waals surface area contributed by atoms with E-state index in [0.717, 1.165) is 5.75 Å². The van der Waals surface area contributed by atoms with Gasteiger partial charge in [-0.2, -0.15) is 0 Å². The first-order valence-electron chi connectivity index (χ1n) is 9.36. The number of aliphatic hydroxyl groups is 1. The Balaban J connectivity index is 0.000000703. The first-order chi connectivity index (χ1) is 14.9. The quantitative estimate of drug-likeness (QED) is 0.249. The van der Waals surface area contributed by atoms with Crippen molar-refractivity contribution in [3.05, 3.63) is 60.7 Å². The van der Waals surface area contributed by atoms with Gasteiger partial charge in [-0.3, -0.25) is 4.79 Å². The number of para-hydroxylation sites is 2. The van der Waals surface area contributed by atoms with Gasteiger partial charge in [0.15, 0.2) is 6.61 Å². The van der Waals surface area contributed by atoms with Crippen molar-refractivity contribution in [3.63, 3.8) is 0 Å². The van der Waals surface area contributed by atoms with Crippen LogP contribution in [0, 0.1) is 0 Å². The highest BCUT2D eigenvalue weighted by molar-refractivity contribution is 6.27. The van der Waals surface area contributed by atoms with Crippen LogP contribution in [0.1, 0.15) is 0 Å². The number of carbonyl (C=O) groups is 3. The topological polar surface area (TPSA) is 154 Å². The third-order valence-electron chi connectivity index (χ3n) is 3.49. The summed E-state index contributed by atoms with van der Waals surface area (Å²) in [5.41, 5.74) is 0. The fourth-order valence-corrected chi connectivity index (χ4v) is 2.04. The van der Waals surface area contributed by atoms with Crippen LogP contribution in [0.15, 0.2) is 60.7 Å². The van der Waals surface area contributed by atoms with Crippen LogP contribution in [-0.4, -0.2) is 72.1 Å². The van der Waals surface area contributed by atoms with E-state index in [2.05, 4.69) is 10.6 Å². The van der Waals surface area contributed by atoms with Crippen molar-refractivity contribution in [2.75, 3.05) is 32.8 Å². The van der Waals surface area contributed by atoms with Crippen LogP contribution in [0.4, 0.5) is 0 Å². The van der Waals surface area contributed by atoms with Crippen LogP contribution in [0.3, 0.4) is 0 Å². The molecular formula is C21H26N2O8. The number of aliphatic hydroxyl groups excluding tert-OH is 1. The lowest BCUT2D eigenvalue weighted by atomic mass is 10.3. The van der Waals surface area contributed by atoms with Crippen LogP contribution in [0.25, 0.3) is 0 Å². The molecule has 31 heavy (non-hydrogen) atoms. The molecule has 2 aromatic rings. The van der Waals surface area contributed by atoms with Crippen LogP contribution < -0.4 is 20.1 Å². The van der Waals surface area contributed by atoms with Crippen molar-refractivity contribution >= 4 is 17.8 Å². The summed E-state index contributed by atoms with van der Waals surface area (Å²) in [6.45, 7) is 1.61. The lowest BCUT2D eigenvalue weighted by molar-refractivity contribution is -0.159. The Kier molecular flexibility index (Phi) is 12.5. The van der Waals surface area contributed by atoms with Crippen LogP contribution in [-0.2, 0) is 14.4 Å². The zero-order chi connectivity index (χ0) is 22.9. The monoisotopic (exact) mass is 434 g/mol. The van der Waals surface area contributed by atoms with Gasteiger partial charge in [-0.1, -0.05) is 36.4 Å². The van der Waals surface area contributed by atoms with Gasteiger partial charge in [0, 0.05) is 19.6 Å². The Morgan fingerprint density at radius 1 is 0.806 bits per heavy atom. The second-order valence-corrected chi connectivity index (χ2v) is 6.04. The van der Waals surface area contributed by atoms with E-state index in [1.165, 1.54) is 0 Å². The molecule has 0 aliphatic heterocycles. The molecule has 5 N–H and O–H groups in total. The summed E-state index contributed by atoms with van der Waals surface area (Å²) in [6, 6.07) is 18.5. The number of hydrogen-bond donors (Lipinski definition) is 5. The minimum atomic E-state index is -1.82. The molecular weight excluding hydrogens is 408 g/mol. The zero-order valence-corrected chi connectivity index (χ0v) is 16.8. The standard InChI is InChI=1S/C19H24N2O4.C2H2O4/c22-16(14-24-17-7-3-1-4-8-17)13-20-11-12-21-19(23)15-25-18-9-5-2-6-10-18;3-1(4)2(5)6/h1-10,16,20,22H,11-15H2,(H,21,23);(H,3,4)(H,5,6). The molecule has 10 heteroatoms. The van der Waals surface area contributed by atoms with E-state index >= 15 is 0 Å². The van der Waals surface area contributed by atoms with Crippen molar-refractivity contribution in [2.24, 2.45) is 0 Å². The fraction of sp³-hybridized carbons (Fsp3) is 0.286. The molecule has 10 nitrogen and oxygen atoms in total. The number of aliphatic carboxylic acids is 2. The summed E-state index contributed by atoms with van der Waals surface area (Å²) < 4.78 is 10.8. The van der Waals surface area contributed by atoms with E-state index in [9.17, 15) is 9.90 Å². The van der Waals surface area contributed by atoms with Gasteiger partial charge in [0.1, 0.15) is 24.2 Å². The van der Waals surface area contributed by atoms with E-state index in [-0.39, 0.29) is 19.1 Å². The largest absolute Gasteiger partial charge is 0.491 e. The summed E-state index contributed by atoms with van der Waals surface area (Å²) in [4.78, 5) is 29.8. The molecule has 0 heterocycles. The first kappa shape index (κ1) is 25.4. The Hall–Kier alpha value is -3.63. The zero-order valence-electron chi connectivity index (χ0n) is 16.8. The number of amides is 1. The molecule has 0 saturated heterocycles.